The minimum atomic E-state index is -4.38. The van der Waals surface area contributed by atoms with Crippen molar-refractivity contribution in [2.45, 2.75) is 69.0 Å². The van der Waals surface area contributed by atoms with Crippen molar-refractivity contribution in [3.63, 3.8) is 0 Å². The Balaban J connectivity index is 1.11. The minimum absolute atomic E-state index is 0.202. The third kappa shape index (κ3) is 7.02. The molecular weight excluding hydrogens is 621 g/mol. The van der Waals surface area contributed by atoms with Crippen molar-refractivity contribution in [1.29, 1.82) is 0 Å². The van der Waals surface area contributed by atoms with Gasteiger partial charge in [0.2, 0.25) is 0 Å². The Hall–Kier alpha value is -4.05. The second-order valence-electron chi connectivity index (χ2n) is 12.4. The number of nitrogens with zero attached hydrogens (tertiary/aromatic N) is 8. The van der Waals surface area contributed by atoms with Crippen LogP contribution in [-0.4, -0.2) is 84.3 Å². The molecule has 4 aromatic heterocycles. The van der Waals surface area contributed by atoms with Gasteiger partial charge < -0.3 is 15.5 Å². The summed E-state index contributed by atoms with van der Waals surface area (Å²) in [4.78, 5) is 15.9. The predicted octanol–water partition coefficient (Wildman–Crippen LogP) is 4.92. The van der Waals surface area contributed by atoms with Crippen LogP contribution in [0.1, 0.15) is 44.9 Å². The first kappa shape index (κ1) is 30.6. The number of halogens is 3. The van der Waals surface area contributed by atoms with Crippen LogP contribution in [0.3, 0.4) is 0 Å². The molecule has 1 saturated heterocycles. The fourth-order valence-electron chi connectivity index (χ4n) is 6.04. The molecule has 0 amide bonds. The summed E-state index contributed by atoms with van der Waals surface area (Å²) in [6.45, 7) is 2.35. The van der Waals surface area contributed by atoms with Crippen LogP contribution in [0.5, 0.6) is 0 Å². The molecule has 16 heteroatoms. The first-order valence-electron chi connectivity index (χ1n) is 15.6. The SMILES string of the molecule is O=S(=O)(C1CC1)n1cc(-c2nccc(Nc3cc(NC4CCC(CN5CCC5)CC4)c(-c4ccn(CC(F)(F)F)n4)cn3)n2)cn1. The Morgan fingerprint density at radius 1 is 0.978 bits per heavy atom. The molecule has 5 heterocycles. The third-order valence-electron chi connectivity index (χ3n) is 8.77. The highest BCUT2D eigenvalue weighted by atomic mass is 32.2. The monoisotopic (exact) mass is 656 g/mol. The van der Waals surface area contributed by atoms with E-state index in [2.05, 4.69) is 40.7 Å². The van der Waals surface area contributed by atoms with Crippen LogP contribution in [0.15, 0.2) is 49.2 Å². The van der Waals surface area contributed by atoms with E-state index in [0.29, 0.717) is 58.7 Å². The van der Waals surface area contributed by atoms with Crippen LogP contribution in [-0.2, 0) is 16.6 Å². The lowest BCUT2D eigenvalue weighted by Gasteiger charge is -2.37. The summed E-state index contributed by atoms with van der Waals surface area (Å²) in [6.07, 6.45) is 9.67. The molecule has 0 spiro atoms. The van der Waals surface area contributed by atoms with Crippen LogP contribution >= 0.6 is 0 Å². The lowest BCUT2D eigenvalue weighted by molar-refractivity contribution is -0.142. The molecule has 46 heavy (non-hydrogen) atoms. The van der Waals surface area contributed by atoms with Gasteiger partial charge in [0.1, 0.15) is 18.2 Å². The maximum absolute atomic E-state index is 13.0. The van der Waals surface area contributed by atoms with E-state index in [0.717, 1.165) is 41.0 Å². The van der Waals surface area contributed by atoms with Gasteiger partial charge in [-0.3, -0.25) is 4.68 Å². The van der Waals surface area contributed by atoms with Crippen LogP contribution in [0.25, 0.3) is 22.6 Å². The highest BCUT2D eigenvalue weighted by molar-refractivity contribution is 7.90. The highest BCUT2D eigenvalue weighted by Gasteiger charge is 2.38. The van der Waals surface area contributed by atoms with Gasteiger partial charge in [0.25, 0.3) is 10.0 Å². The minimum Gasteiger partial charge on any atom is -0.382 e. The summed E-state index contributed by atoms with van der Waals surface area (Å²) in [5.74, 6) is 1.86. The quantitative estimate of drug-likeness (QED) is 0.229. The van der Waals surface area contributed by atoms with Gasteiger partial charge in [-0.15, -0.1) is 0 Å². The number of anilines is 3. The molecule has 0 radical (unpaired) electrons. The maximum atomic E-state index is 13.0. The first-order valence-corrected chi connectivity index (χ1v) is 17.1. The van der Waals surface area contributed by atoms with E-state index in [9.17, 15) is 21.6 Å². The van der Waals surface area contributed by atoms with Gasteiger partial charge in [0, 0.05) is 48.5 Å². The largest absolute Gasteiger partial charge is 0.408 e. The molecule has 0 bridgehead atoms. The molecule has 2 N–H and O–H groups in total. The second kappa shape index (κ2) is 12.3. The van der Waals surface area contributed by atoms with Gasteiger partial charge >= 0.3 is 6.18 Å². The van der Waals surface area contributed by atoms with Gasteiger partial charge in [-0.25, -0.2) is 23.4 Å². The van der Waals surface area contributed by atoms with Crippen LogP contribution < -0.4 is 10.6 Å². The van der Waals surface area contributed by atoms with Crippen molar-refractivity contribution < 1.29 is 21.6 Å². The van der Waals surface area contributed by atoms with Gasteiger partial charge in [0.15, 0.2) is 5.82 Å². The zero-order chi connectivity index (χ0) is 31.9. The number of pyridine rings is 1. The number of aromatic nitrogens is 7. The zero-order valence-electron chi connectivity index (χ0n) is 25.1. The zero-order valence-corrected chi connectivity index (χ0v) is 25.9. The van der Waals surface area contributed by atoms with Crippen molar-refractivity contribution in [1.82, 2.24) is 38.8 Å². The second-order valence-corrected chi connectivity index (χ2v) is 14.5. The molecule has 0 aromatic carbocycles. The molecule has 0 unspecified atom stereocenters. The molecule has 1 aliphatic heterocycles. The molecule has 2 saturated carbocycles. The van der Waals surface area contributed by atoms with Crippen LogP contribution in [0, 0.1) is 5.92 Å². The van der Waals surface area contributed by atoms with E-state index in [1.54, 1.807) is 24.5 Å². The number of likely N-dealkylation sites (tertiary alicyclic amines) is 1. The summed E-state index contributed by atoms with van der Waals surface area (Å²) < 4.78 is 66.1. The third-order valence-corrected chi connectivity index (χ3v) is 10.8. The standard InChI is InChI=1S/C30H35F3N10O2S/c31-30(32,33)19-42-13-9-25(40-42)24-16-35-28(14-26(24)37-22-4-2-20(3-5-22)17-41-11-1-12-41)38-27-8-10-34-29(39-27)21-15-36-43(18-21)46(44,45)23-6-7-23/h8-10,13-16,18,20,22-23H,1-7,11-12,17,19H2,(H2,34,35,37,38,39). The molecule has 3 fully saturated rings. The molecule has 3 aliphatic rings. The summed E-state index contributed by atoms with van der Waals surface area (Å²) >= 11 is 0. The van der Waals surface area contributed by atoms with Crippen molar-refractivity contribution in [3.05, 3.63) is 49.2 Å². The van der Waals surface area contributed by atoms with Crippen molar-refractivity contribution in [3.8, 4) is 22.6 Å². The fourth-order valence-corrected chi connectivity index (χ4v) is 7.52. The van der Waals surface area contributed by atoms with E-state index < -0.39 is 28.0 Å². The Morgan fingerprint density at radius 2 is 1.78 bits per heavy atom. The smallest absolute Gasteiger partial charge is 0.382 e. The molecule has 0 atom stereocenters. The predicted molar refractivity (Wildman–Crippen MR) is 166 cm³/mol. The molecule has 4 aromatic rings. The number of rotatable bonds is 11. The molecule has 244 valence electrons. The van der Waals surface area contributed by atoms with Crippen LogP contribution in [0.2, 0.25) is 0 Å². The summed E-state index contributed by atoms with van der Waals surface area (Å²) in [7, 11) is -3.52. The Kier molecular flexibility index (Phi) is 8.17. The molecular formula is C30H35F3N10O2S. The molecule has 12 nitrogen and oxygen atoms in total. The van der Waals surface area contributed by atoms with Crippen molar-refractivity contribution in [2.24, 2.45) is 5.92 Å². The van der Waals surface area contributed by atoms with E-state index in [1.807, 2.05) is 6.07 Å². The number of alkyl halides is 3. The van der Waals surface area contributed by atoms with E-state index in [1.165, 1.54) is 38.1 Å². The van der Waals surface area contributed by atoms with Gasteiger partial charge in [-0.1, -0.05) is 0 Å². The number of hydrogen-bond donors (Lipinski definition) is 2. The summed E-state index contributed by atoms with van der Waals surface area (Å²) in [5, 5.41) is 14.6. The lowest BCUT2D eigenvalue weighted by atomic mass is 9.85. The normalized spacial score (nSPS) is 20.8. The Labute approximate surface area is 264 Å². The average molecular weight is 657 g/mol. The molecule has 7 rings (SSSR count). The van der Waals surface area contributed by atoms with Crippen LogP contribution in [0.4, 0.5) is 30.5 Å². The first-order chi connectivity index (χ1) is 22.1. The van der Waals surface area contributed by atoms with E-state index in [4.69, 9.17) is 0 Å². The summed E-state index contributed by atoms with van der Waals surface area (Å²) in [5.41, 5.74) is 2.15. The number of hydrogen-bond acceptors (Lipinski definition) is 10. The number of nitrogens with one attached hydrogen (secondary N) is 2. The topological polar surface area (TPSA) is 136 Å². The Bertz CT molecular complexity index is 1790. The molecule has 2 aliphatic carbocycles. The van der Waals surface area contributed by atoms with Gasteiger partial charge in [0.05, 0.1) is 28.9 Å². The lowest BCUT2D eigenvalue weighted by Crippen LogP contribution is -2.41. The van der Waals surface area contributed by atoms with E-state index >= 15 is 0 Å². The average Bonchev–Trinajstić information content (AvgIpc) is 3.57. The highest BCUT2D eigenvalue weighted by Crippen LogP contribution is 2.34. The van der Waals surface area contributed by atoms with E-state index in [-0.39, 0.29) is 6.04 Å². The van der Waals surface area contributed by atoms with Gasteiger partial charge in [-0.05, 0) is 76.1 Å². The summed E-state index contributed by atoms with van der Waals surface area (Å²) in [6, 6.07) is 5.24. The Morgan fingerprint density at radius 3 is 2.50 bits per heavy atom. The van der Waals surface area contributed by atoms with Crippen molar-refractivity contribution >= 4 is 27.3 Å². The van der Waals surface area contributed by atoms with Crippen molar-refractivity contribution in [2.75, 3.05) is 30.3 Å². The maximum Gasteiger partial charge on any atom is 0.408 e. The van der Waals surface area contributed by atoms with Gasteiger partial charge in [-0.2, -0.15) is 27.5 Å². The fraction of sp³-hybridized carbons (Fsp3) is 0.500.